The highest BCUT2D eigenvalue weighted by Crippen LogP contribution is 2.30. The van der Waals surface area contributed by atoms with E-state index in [2.05, 4.69) is 4.98 Å². The van der Waals surface area contributed by atoms with Crippen molar-refractivity contribution in [3.8, 4) is 10.6 Å². The lowest BCUT2D eigenvalue weighted by Crippen LogP contribution is -2.03. The standard InChI is InChI=1S/C13H9NOS2/c1-16-13-6-9-12(7-10(13)15)17-11-5-3-2-4-8(11)14-9/h2-7H,1H3. The smallest absolute Gasteiger partial charge is 0.193 e. The van der Waals surface area contributed by atoms with Gasteiger partial charge in [-0.05, 0) is 24.5 Å². The third kappa shape index (κ3) is 1.83. The first kappa shape index (κ1) is 10.7. The van der Waals surface area contributed by atoms with Gasteiger partial charge in [0.15, 0.2) is 5.43 Å². The Balaban J connectivity index is 2.41. The monoisotopic (exact) mass is 259 g/mol. The maximum absolute atomic E-state index is 11.8. The predicted molar refractivity (Wildman–Crippen MR) is 74.3 cm³/mol. The van der Waals surface area contributed by atoms with Crippen LogP contribution in [0.5, 0.6) is 0 Å². The molecule has 1 heterocycles. The van der Waals surface area contributed by atoms with Crippen molar-refractivity contribution in [2.45, 2.75) is 4.90 Å². The van der Waals surface area contributed by atoms with Gasteiger partial charge in [0, 0.05) is 6.07 Å². The predicted octanol–water partition coefficient (Wildman–Crippen LogP) is 3.48. The molecule has 0 radical (unpaired) electrons. The van der Waals surface area contributed by atoms with Gasteiger partial charge in [0.2, 0.25) is 0 Å². The largest absolute Gasteiger partial charge is 0.289 e. The summed E-state index contributed by atoms with van der Waals surface area (Å²) in [6.07, 6.45) is 1.91. The number of aromatic nitrogens is 1. The highest BCUT2D eigenvalue weighted by atomic mass is 32.2. The Hall–Kier alpha value is -1.39. The number of hydrogen-bond acceptors (Lipinski definition) is 4. The minimum Gasteiger partial charge on any atom is -0.289 e. The van der Waals surface area contributed by atoms with Gasteiger partial charge in [-0.1, -0.05) is 12.1 Å². The SMILES string of the molecule is CSc1cc2nc3ccccc3sc-2cc1=O. The molecule has 2 nitrogen and oxygen atoms in total. The van der Waals surface area contributed by atoms with Gasteiger partial charge in [-0.15, -0.1) is 23.1 Å². The molecule has 0 bridgehead atoms. The Kier molecular flexibility index (Phi) is 2.61. The average molecular weight is 259 g/mol. The quantitative estimate of drug-likeness (QED) is 0.495. The molecule has 0 saturated heterocycles. The van der Waals surface area contributed by atoms with E-state index in [-0.39, 0.29) is 5.43 Å². The van der Waals surface area contributed by atoms with E-state index in [1.807, 2.05) is 36.6 Å². The minimum absolute atomic E-state index is 0.0818. The van der Waals surface area contributed by atoms with E-state index in [1.54, 1.807) is 17.4 Å². The Morgan fingerprint density at radius 2 is 2.06 bits per heavy atom. The highest BCUT2D eigenvalue weighted by Gasteiger charge is 2.10. The molecule has 1 aliphatic heterocycles. The summed E-state index contributed by atoms with van der Waals surface area (Å²) in [5.74, 6) is 0. The molecule has 2 aliphatic rings. The van der Waals surface area contributed by atoms with Crippen molar-refractivity contribution in [2.24, 2.45) is 0 Å². The normalized spacial score (nSPS) is 11.1. The molecule has 0 saturated carbocycles. The first-order valence-electron chi connectivity index (χ1n) is 5.15. The molecular formula is C13H9NOS2. The van der Waals surface area contributed by atoms with Crippen molar-refractivity contribution >= 4 is 33.3 Å². The first-order valence-corrected chi connectivity index (χ1v) is 7.20. The van der Waals surface area contributed by atoms with Gasteiger partial charge in [0.1, 0.15) is 0 Å². The first-order chi connectivity index (χ1) is 8.28. The molecule has 0 unspecified atom stereocenters. The van der Waals surface area contributed by atoms with Crippen LogP contribution >= 0.6 is 23.1 Å². The molecule has 1 aliphatic carbocycles. The molecule has 0 aromatic heterocycles. The molecule has 17 heavy (non-hydrogen) atoms. The van der Waals surface area contributed by atoms with E-state index >= 15 is 0 Å². The van der Waals surface area contributed by atoms with E-state index in [0.29, 0.717) is 0 Å². The zero-order valence-electron chi connectivity index (χ0n) is 9.14. The summed E-state index contributed by atoms with van der Waals surface area (Å²) >= 11 is 3.08. The lowest BCUT2D eigenvalue weighted by molar-refractivity contribution is 1.31. The Morgan fingerprint density at radius 1 is 1.24 bits per heavy atom. The Morgan fingerprint density at radius 3 is 2.88 bits per heavy atom. The number of fused-ring (bicyclic) bond motifs is 2. The van der Waals surface area contributed by atoms with Crippen molar-refractivity contribution in [3.05, 3.63) is 46.6 Å². The van der Waals surface area contributed by atoms with Crippen LogP contribution in [0.15, 0.2) is 46.1 Å². The minimum atomic E-state index is 0.0818. The van der Waals surface area contributed by atoms with Crippen LogP contribution in [0.1, 0.15) is 0 Å². The lowest BCUT2D eigenvalue weighted by atomic mass is 10.2. The Labute approximate surface area is 107 Å². The summed E-state index contributed by atoms with van der Waals surface area (Å²) in [6, 6.07) is 11.6. The molecular weight excluding hydrogens is 250 g/mol. The van der Waals surface area contributed by atoms with Crippen LogP contribution in [-0.4, -0.2) is 11.2 Å². The molecule has 1 aromatic rings. The second-order valence-electron chi connectivity index (χ2n) is 3.65. The zero-order valence-corrected chi connectivity index (χ0v) is 10.8. The fraction of sp³-hybridized carbons (Fsp3) is 0.0769. The molecule has 0 spiro atoms. The van der Waals surface area contributed by atoms with Crippen LogP contribution in [0.3, 0.4) is 0 Å². The molecule has 0 amide bonds. The molecule has 84 valence electrons. The molecule has 0 N–H and O–H groups in total. The van der Waals surface area contributed by atoms with Crippen molar-refractivity contribution in [2.75, 3.05) is 6.26 Å². The molecule has 4 heteroatoms. The maximum Gasteiger partial charge on any atom is 0.193 e. The van der Waals surface area contributed by atoms with Gasteiger partial charge >= 0.3 is 0 Å². The van der Waals surface area contributed by atoms with E-state index in [1.165, 1.54) is 11.8 Å². The van der Waals surface area contributed by atoms with Gasteiger partial charge in [-0.3, -0.25) is 4.79 Å². The second kappa shape index (κ2) is 4.13. The van der Waals surface area contributed by atoms with E-state index in [9.17, 15) is 4.79 Å². The van der Waals surface area contributed by atoms with Crippen LogP contribution in [-0.2, 0) is 0 Å². The molecule has 0 fully saturated rings. The van der Waals surface area contributed by atoms with Gasteiger partial charge in [-0.2, -0.15) is 0 Å². The third-order valence-electron chi connectivity index (χ3n) is 2.57. The van der Waals surface area contributed by atoms with E-state index in [0.717, 1.165) is 25.7 Å². The van der Waals surface area contributed by atoms with E-state index < -0.39 is 0 Å². The number of nitrogens with zero attached hydrogens (tertiary/aromatic N) is 1. The summed E-state index contributed by atoms with van der Waals surface area (Å²) in [7, 11) is 0. The topological polar surface area (TPSA) is 30.0 Å². The van der Waals surface area contributed by atoms with Crippen molar-refractivity contribution in [1.29, 1.82) is 0 Å². The summed E-state index contributed by atoms with van der Waals surface area (Å²) in [6.45, 7) is 0. The Bertz CT molecular complexity index is 720. The highest BCUT2D eigenvalue weighted by molar-refractivity contribution is 7.98. The average Bonchev–Trinajstić information content (AvgIpc) is 2.35. The molecule has 0 atom stereocenters. The maximum atomic E-state index is 11.8. The summed E-state index contributed by atoms with van der Waals surface area (Å²) in [5.41, 5.74) is 1.96. The van der Waals surface area contributed by atoms with Crippen LogP contribution < -0.4 is 5.43 Å². The van der Waals surface area contributed by atoms with Crippen LogP contribution in [0.4, 0.5) is 0 Å². The number of thioether (sulfide) groups is 1. The molecule has 3 rings (SSSR count). The van der Waals surface area contributed by atoms with Gasteiger partial charge in [-0.25, -0.2) is 4.98 Å². The van der Waals surface area contributed by atoms with Crippen molar-refractivity contribution in [3.63, 3.8) is 0 Å². The van der Waals surface area contributed by atoms with Crippen LogP contribution in [0, 0.1) is 0 Å². The van der Waals surface area contributed by atoms with Gasteiger partial charge in [0.05, 0.1) is 25.7 Å². The number of hydrogen-bond donors (Lipinski definition) is 0. The lowest BCUT2D eigenvalue weighted by Gasteiger charge is -2.06. The zero-order chi connectivity index (χ0) is 11.8. The fourth-order valence-corrected chi connectivity index (χ4v) is 3.21. The van der Waals surface area contributed by atoms with Crippen LogP contribution in [0.25, 0.3) is 20.8 Å². The third-order valence-corrected chi connectivity index (χ3v) is 4.44. The second-order valence-corrected chi connectivity index (χ2v) is 5.58. The summed E-state index contributed by atoms with van der Waals surface area (Å²) < 4.78 is 1.11. The molecule has 1 aromatic carbocycles. The fourth-order valence-electron chi connectivity index (χ4n) is 1.74. The summed E-state index contributed by atoms with van der Waals surface area (Å²) in [5, 5.41) is 0. The van der Waals surface area contributed by atoms with Crippen molar-refractivity contribution < 1.29 is 0 Å². The summed E-state index contributed by atoms with van der Waals surface area (Å²) in [4.78, 5) is 18.1. The number of benzene rings is 2. The van der Waals surface area contributed by atoms with Crippen molar-refractivity contribution in [1.82, 2.24) is 4.98 Å². The van der Waals surface area contributed by atoms with E-state index in [4.69, 9.17) is 0 Å². The number of para-hydroxylation sites is 1. The van der Waals surface area contributed by atoms with Gasteiger partial charge in [0.25, 0.3) is 0 Å². The van der Waals surface area contributed by atoms with Gasteiger partial charge < -0.3 is 0 Å². The number of rotatable bonds is 1. The van der Waals surface area contributed by atoms with Crippen LogP contribution in [0.2, 0.25) is 0 Å².